The lowest BCUT2D eigenvalue weighted by Crippen LogP contribution is -2.13. The van der Waals surface area contributed by atoms with Gasteiger partial charge in [0.2, 0.25) is 0 Å². The third kappa shape index (κ3) is 2.67. The van der Waals surface area contributed by atoms with Crippen LogP contribution in [0.15, 0.2) is 41.3 Å². The Bertz CT molecular complexity index is 801. The third-order valence-corrected chi connectivity index (χ3v) is 5.04. The topological polar surface area (TPSA) is 92.4 Å². The predicted molar refractivity (Wildman–Crippen MR) is 81.8 cm³/mol. The van der Waals surface area contributed by atoms with E-state index in [1.165, 1.54) is 29.3 Å². The molecule has 110 valence electrons. The van der Waals surface area contributed by atoms with E-state index in [0.29, 0.717) is 5.69 Å². The van der Waals surface area contributed by atoms with E-state index in [2.05, 4.69) is 4.72 Å². The molecule has 0 heterocycles. The smallest absolute Gasteiger partial charge is 0.261 e. The van der Waals surface area contributed by atoms with Crippen LogP contribution in [0.4, 0.5) is 11.4 Å². The number of hydrogen-bond acceptors (Lipinski definition) is 4. The van der Waals surface area contributed by atoms with Crippen molar-refractivity contribution >= 4 is 21.4 Å². The zero-order valence-corrected chi connectivity index (χ0v) is 12.2. The molecule has 21 heavy (non-hydrogen) atoms. The van der Waals surface area contributed by atoms with Gasteiger partial charge in [-0.05, 0) is 60.7 Å². The SMILES string of the molecule is Nc1cc(S(=O)(=O)Nc2ccc3c(c2)CCC3)ccc1O. The summed E-state index contributed by atoms with van der Waals surface area (Å²) in [4.78, 5) is 0.0262. The van der Waals surface area contributed by atoms with Crippen LogP contribution in [0, 0.1) is 0 Å². The number of nitrogen functional groups attached to an aromatic ring is 1. The molecule has 0 saturated heterocycles. The van der Waals surface area contributed by atoms with Gasteiger partial charge in [-0.1, -0.05) is 6.07 Å². The molecule has 6 heteroatoms. The molecule has 1 aliphatic carbocycles. The molecular weight excluding hydrogens is 288 g/mol. The second-order valence-electron chi connectivity index (χ2n) is 5.16. The summed E-state index contributed by atoms with van der Waals surface area (Å²) in [7, 11) is -3.71. The number of benzene rings is 2. The Labute approximate surface area is 123 Å². The molecule has 4 N–H and O–H groups in total. The molecule has 3 rings (SSSR count). The van der Waals surface area contributed by atoms with Crippen LogP contribution in [0.2, 0.25) is 0 Å². The van der Waals surface area contributed by atoms with E-state index >= 15 is 0 Å². The Balaban J connectivity index is 1.90. The summed E-state index contributed by atoms with van der Waals surface area (Å²) in [5.74, 6) is -0.133. The van der Waals surface area contributed by atoms with E-state index in [1.54, 1.807) is 6.07 Å². The second kappa shape index (κ2) is 4.96. The maximum Gasteiger partial charge on any atom is 0.261 e. The molecule has 0 radical (unpaired) electrons. The van der Waals surface area contributed by atoms with Crippen molar-refractivity contribution in [3.05, 3.63) is 47.5 Å². The highest BCUT2D eigenvalue weighted by molar-refractivity contribution is 7.92. The fourth-order valence-electron chi connectivity index (χ4n) is 2.55. The molecule has 0 aliphatic heterocycles. The van der Waals surface area contributed by atoms with Crippen LogP contribution < -0.4 is 10.5 Å². The van der Waals surface area contributed by atoms with Gasteiger partial charge in [0.05, 0.1) is 10.6 Å². The van der Waals surface area contributed by atoms with E-state index in [4.69, 9.17) is 5.73 Å². The van der Waals surface area contributed by atoms with Crippen LogP contribution in [-0.2, 0) is 22.9 Å². The Morgan fingerprint density at radius 1 is 1.05 bits per heavy atom. The Kier molecular flexibility index (Phi) is 3.25. The van der Waals surface area contributed by atoms with Crippen LogP contribution in [-0.4, -0.2) is 13.5 Å². The number of phenols is 1. The fraction of sp³-hybridized carbons (Fsp3) is 0.200. The van der Waals surface area contributed by atoms with Crippen LogP contribution in [0.25, 0.3) is 0 Å². The molecule has 2 aromatic rings. The predicted octanol–water partition coefficient (Wildman–Crippen LogP) is 2.26. The average molecular weight is 304 g/mol. The van der Waals surface area contributed by atoms with Crippen molar-refractivity contribution in [1.29, 1.82) is 0 Å². The first-order chi connectivity index (χ1) is 9.95. The van der Waals surface area contributed by atoms with E-state index < -0.39 is 10.0 Å². The maximum atomic E-state index is 12.3. The summed E-state index contributed by atoms with van der Waals surface area (Å²) in [5, 5.41) is 9.36. The van der Waals surface area contributed by atoms with Gasteiger partial charge in [-0.25, -0.2) is 8.42 Å². The number of aromatic hydroxyl groups is 1. The van der Waals surface area contributed by atoms with E-state index in [0.717, 1.165) is 19.3 Å². The number of anilines is 2. The van der Waals surface area contributed by atoms with Gasteiger partial charge in [0, 0.05) is 5.69 Å². The van der Waals surface area contributed by atoms with Crippen LogP contribution in [0.1, 0.15) is 17.5 Å². The molecule has 0 bridgehead atoms. The summed E-state index contributed by atoms with van der Waals surface area (Å²) in [5.41, 5.74) is 8.60. The lowest BCUT2D eigenvalue weighted by molar-refractivity contribution is 0.477. The number of nitrogens with two attached hydrogens (primary N) is 1. The third-order valence-electron chi connectivity index (χ3n) is 3.66. The maximum absolute atomic E-state index is 12.3. The highest BCUT2D eigenvalue weighted by Gasteiger charge is 2.17. The van der Waals surface area contributed by atoms with Gasteiger partial charge in [0.15, 0.2) is 0 Å². The lowest BCUT2D eigenvalue weighted by atomic mass is 10.1. The van der Waals surface area contributed by atoms with Gasteiger partial charge in [0.25, 0.3) is 10.0 Å². The minimum atomic E-state index is -3.71. The van der Waals surface area contributed by atoms with Gasteiger partial charge >= 0.3 is 0 Å². The lowest BCUT2D eigenvalue weighted by Gasteiger charge is -2.10. The Morgan fingerprint density at radius 2 is 1.81 bits per heavy atom. The number of sulfonamides is 1. The zero-order valence-electron chi connectivity index (χ0n) is 11.3. The number of rotatable bonds is 3. The highest BCUT2D eigenvalue weighted by atomic mass is 32.2. The van der Waals surface area contributed by atoms with Gasteiger partial charge in [-0.2, -0.15) is 0 Å². The number of aryl methyl sites for hydroxylation is 2. The van der Waals surface area contributed by atoms with Crippen LogP contribution in [0.3, 0.4) is 0 Å². The van der Waals surface area contributed by atoms with Crippen molar-refractivity contribution in [2.24, 2.45) is 0 Å². The Hall–Kier alpha value is -2.21. The molecule has 0 saturated carbocycles. The molecule has 0 aromatic heterocycles. The monoisotopic (exact) mass is 304 g/mol. The fourth-order valence-corrected chi connectivity index (χ4v) is 3.63. The summed E-state index contributed by atoms with van der Waals surface area (Å²) in [6.45, 7) is 0. The van der Waals surface area contributed by atoms with Gasteiger partial charge in [-0.3, -0.25) is 4.72 Å². The number of phenolic OH excluding ortho intramolecular Hbond substituents is 1. The number of fused-ring (bicyclic) bond motifs is 1. The second-order valence-corrected chi connectivity index (χ2v) is 6.85. The van der Waals surface area contributed by atoms with E-state index in [-0.39, 0.29) is 16.3 Å². The van der Waals surface area contributed by atoms with Gasteiger partial charge in [0.1, 0.15) is 5.75 Å². The molecular formula is C15H16N2O3S. The number of nitrogens with one attached hydrogen (secondary N) is 1. The minimum Gasteiger partial charge on any atom is -0.506 e. The molecule has 0 amide bonds. The first kappa shape index (κ1) is 13.8. The van der Waals surface area contributed by atoms with Crippen LogP contribution in [0.5, 0.6) is 5.75 Å². The first-order valence-corrected chi connectivity index (χ1v) is 8.17. The van der Waals surface area contributed by atoms with E-state index in [1.807, 2.05) is 12.1 Å². The first-order valence-electron chi connectivity index (χ1n) is 6.69. The zero-order chi connectivity index (χ0) is 15.0. The summed E-state index contributed by atoms with van der Waals surface area (Å²) >= 11 is 0. The molecule has 1 aliphatic rings. The largest absolute Gasteiger partial charge is 0.506 e. The minimum absolute atomic E-state index is 0.0262. The van der Waals surface area contributed by atoms with Gasteiger partial charge in [-0.15, -0.1) is 0 Å². The number of hydrogen-bond donors (Lipinski definition) is 3. The molecule has 0 atom stereocenters. The van der Waals surface area contributed by atoms with Crippen molar-refractivity contribution < 1.29 is 13.5 Å². The molecule has 5 nitrogen and oxygen atoms in total. The summed E-state index contributed by atoms with van der Waals surface area (Å²) in [6, 6.07) is 9.44. The Morgan fingerprint density at radius 3 is 2.57 bits per heavy atom. The van der Waals surface area contributed by atoms with Crippen molar-refractivity contribution in [3.63, 3.8) is 0 Å². The standard InChI is InChI=1S/C15H16N2O3S/c16-14-9-13(6-7-15(14)18)21(19,20)17-12-5-4-10-2-1-3-11(10)8-12/h4-9,17-18H,1-3,16H2. The van der Waals surface area contributed by atoms with E-state index in [9.17, 15) is 13.5 Å². The molecule has 2 aromatic carbocycles. The highest BCUT2D eigenvalue weighted by Crippen LogP contribution is 2.28. The van der Waals surface area contributed by atoms with Gasteiger partial charge < -0.3 is 10.8 Å². The van der Waals surface area contributed by atoms with Crippen molar-refractivity contribution in [1.82, 2.24) is 0 Å². The summed E-state index contributed by atoms with van der Waals surface area (Å²) < 4.78 is 27.2. The molecule has 0 fully saturated rings. The van der Waals surface area contributed by atoms with Crippen LogP contribution >= 0.6 is 0 Å². The van der Waals surface area contributed by atoms with Crippen molar-refractivity contribution in [2.45, 2.75) is 24.2 Å². The van der Waals surface area contributed by atoms with Crippen molar-refractivity contribution in [3.8, 4) is 5.75 Å². The average Bonchev–Trinajstić information content (AvgIpc) is 2.88. The molecule has 0 unspecified atom stereocenters. The quantitative estimate of drug-likeness (QED) is 0.599. The summed E-state index contributed by atoms with van der Waals surface area (Å²) in [6.07, 6.45) is 3.15. The normalized spacial score (nSPS) is 13.9. The molecule has 0 spiro atoms. The van der Waals surface area contributed by atoms with Crippen molar-refractivity contribution in [2.75, 3.05) is 10.5 Å².